The minimum absolute atomic E-state index is 0.327. The van der Waals surface area contributed by atoms with Crippen LogP contribution in [0.5, 0.6) is 0 Å². The summed E-state index contributed by atoms with van der Waals surface area (Å²) in [6.07, 6.45) is 2.51. The van der Waals surface area contributed by atoms with E-state index in [0.29, 0.717) is 18.5 Å². The average molecular weight is 179 g/mol. The molecular formula is C10H17N3. The second kappa shape index (κ2) is 5.00. The lowest BCUT2D eigenvalue weighted by molar-refractivity contribution is 0.183. The molecule has 0 saturated carbocycles. The lowest BCUT2D eigenvalue weighted by Gasteiger charge is -2.36. The van der Waals surface area contributed by atoms with E-state index in [1.165, 1.54) is 0 Å². The van der Waals surface area contributed by atoms with Crippen LogP contribution in [0.1, 0.15) is 13.3 Å². The first-order valence-corrected chi connectivity index (χ1v) is 4.72. The highest BCUT2D eigenvalue weighted by atomic mass is 15.2. The minimum Gasteiger partial charge on any atom is -0.308 e. The zero-order valence-corrected chi connectivity index (χ0v) is 8.16. The van der Waals surface area contributed by atoms with Gasteiger partial charge >= 0.3 is 0 Å². The van der Waals surface area contributed by atoms with Crippen LogP contribution in [-0.2, 0) is 0 Å². The van der Waals surface area contributed by atoms with Crippen molar-refractivity contribution >= 4 is 0 Å². The van der Waals surface area contributed by atoms with E-state index in [-0.39, 0.29) is 0 Å². The molecule has 0 aromatic rings. The summed E-state index contributed by atoms with van der Waals surface area (Å²) >= 11 is 0. The van der Waals surface area contributed by atoms with Gasteiger partial charge in [0.05, 0.1) is 12.5 Å². The second-order valence-electron chi connectivity index (χ2n) is 3.63. The normalized spacial score (nSPS) is 29.5. The van der Waals surface area contributed by atoms with Gasteiger partial charge in [-0.25, -0.2) is 0 Å². The fraction of sp³-hybridized carbons (Fsp3) is 0.700. The van der Waals surface area contributed by atoms with Gasteiger partial charge in [0.15, 0.2) is 0 Å². The van der Waals surface area contributed by atoms with Crippen LogP contribution in [0.3, 0.4) is 0 Å². The molecule has 0 amide bonds. The molecule has 3 heteroatoms. The van der Waals surface area contributed by atoms with Gasteiger partial charge in [-0.1, -0.05) is 6.08 Å². The first-order chi connectivity index (χ1) is 6.26. The third-order valence-electron chi connectivity index (χ3n) is 2.26. The lowest BCUT2D eigenvalue weighted by atomic mass is 10.1. The van der Waals surface area contributed by atoms with Crippen LogP contribution >= 0.6 is 0 Å². The Morgan fingerprint density at radius 1 is 1.69 bits per heavy atom. The Labute approximate surface area is 80.0 Å². The summed E-state index contributed by atoms with van der Waals surface area (Å²) in [5.41, 5.74) is 0. The maximum Gasteiger partial charge on any atom is 0.0638 e. The lowest BCUT2D eigenvalue weighted by Crippen LogP contribution is -2.55. The molecule has 0 bridgehead atoms. The predicted molar refractivity (Wildman–Crippen MR) is 53.3 cm³/mol. The van der Waals surface area contributed by atoms with Gasteiger partial charge < -0.3 is 5.32 Å². The van der Waals surface area contributed by atoms with Crippen molar-refractivity contribution < 1.29 is 0 Å². The molecule has 2 unspecified atom stereocenters. The molecule has 2 atom stereocenters. The topological polar surface area (TPSA) is 39.1 Å². The zero-order valence-electron chi connectivity index (χ0n) is 8.16. The third-order valence-corrected chi connectivity index (χ3v) is 2.26. The van der Waals surface area contributed by atoms with E-state index >= 15 is 0 Å². The van der Waals surface area contributed by atoms with Gasteiger partial charge in [-0.05, 0) is 6.92 Å². The van der Waals surface area contributed by atoms with Crippen molar-refractivity contribution in [3.63, 3.8) is 0 Å². The van der Waals surface area contributed by atoms with E-state index in [0.717, 1.165) is 19.6 Å². The summed E-state index contributed by atoms with van der Waals surface area (Å²) in [6, 6.07) is 3.01. The van der Waals surface area contributed by atoms with Crippen molar-refractivity contribution in [2.45, 2.75) is 25.4 Å². The Hall–Kier alpha value is -0.850. The molecular weight excluding hydrogens is 162 g/mol. The van der Waals surface area contributed by atoms with E-state index in [2.05, 4.69) is 29.8 Å². The summed E-state index contributed by atoms with van der Waals surface area (Å²) in [6.45, 7) is 8.81. The molecule has 3 nitrogen and oxygen atoms in total. The van der Waals surface area contributed by atoms with Crippen molar-refractivity contribution in [2.24, 2.45) is 0 Å². The van der Waals surface area contributed by atoms with Crippen molar-refractivity contribution in [3.8, 4) is 6.07 Å². The Bertz CT molecular complexity index is 207. The summed E-state index contributed by atoms with van der Waals surface area (Å²) < 4.78 is 0. The van der Waals surface area contributed by atoms with E-state index in [4.69, 9.17) is 5.26 Å². The summed E-state index contributed by atoms with van der Waals surface area (Å²) in [4.78, 5) is 2.33. The fourth-order valence-corrected chi connectivity index (χ4v) is 1.85. The van der Waals surface area contributed by atoms with Crippen LogP contribution in [0, 0.1) is 11.3 Å². The van der Waals surface area contributed by atoms with Crippen LogP contribution in [0.4, 0.5) is 0 Å². The molecule has 0 aliphatic carbocycles. The van der Waals surface area contributed by atoms with Crippen LogP contribution in [-0.4, -0.2) is 36.6 Å². The largest absolute Gasteiger partial charge is 0.308 e. The number of hydrogen-bond acceptors (Lipinski definition) is 3. The van der Waals surface area contributed by atoms with Gasteiger partial charge in [-0.3, -0.25) is 4.90 Å². The Morgan fingerprint density at radius 2 is 2.46 bits per heavy atom. The van der Waals surface area contributed by atoms with E-state index in [1.54, 1.807) is 0 Å². The van der Waals surface area contributed by atoms with E-state index < -0.39 is 0 Å². The summed E-state index contributed by atoms with van der Waals surface area (Å²) in [5.74, 6) is 0. The predicted octanol–water partition coefficient (Wildman–Crippen LogP) is 0.748. The molecule has 0 spiro atoms. The molecule has 1 rings (SSSR count). The zero-order chi connectivity index (χ0) is 9.68. The van der Waals surface area contributed by atoms with Crippen molar-refractivity contribution in [1.82, 2.24) is 10.2 Å². The van der Waals surface area contributed by atoms with Gasteiger partial charge in [-0.2, -0.15) is 5.26 Å². The quantitative estimate of drug-likeness (QED) is 0.650. The highest BCUT2D eigenvalue weighted by Crippen LogP contribution is 2.06. The molecule has 1 saturated heterocycles. The smallest absolute Gasteiger partial charge is 0.0638 e. The SMILES string of the molecule is C=CCN1CC(C)NC(CC#N)C1. The molecule has 1 aliphatic rings. The van der Waals surface area contributed by atoms with E-state index in [1.807, 2.05) is 6.08 Å². The Balaban J connectivity index is 2.43. The van der Waals surface area contributed by atoms with Crippen LogP contribution in [0.2, 0.25) is 0 Å². The monoisotopic (exact) mass is 179 g/mol. The molecule has 1 heterocycles. The number of rotatable bonds is 3. The number of nitriles is 1. The molecule has 0 aromatic carbocycles. The molecule has 0 aromatic heterocycles. The molecule has 0 radical (unpaired) electrons. The van der Waals surface area contributed by atoms with Gasteiger partial charge in [0.2, 0.25) is 0 Å². The van der Waals surface area contributed by atoms with Crippen molar-refractivity contribution in [2.75, 3.05) is 19.6 Å². The molecule has 72 valence electrons. The molecule has 1 aliphatic heterocycles. The van der Waals surface area contributed by atoms with E-state index in [9.17, 15) is 0 Å². The first kappa shape index (κ1) is 10.2. The molecule has 1 N–H and O–H groups in total. The highest BCUT2D eigenvalue weighted by molar-refractivity contribution is 4.91. The number of piperazine rings is 1. The highest BCUT2D eigenvalue weighted by Gasteiger charge is 2.22. The average Bonchev–Trinajstić information content (AvgIpc) is 2.04. The summed E-state index contributed by atoms with van der Waals surface area (Å²) in [7, 11) is 0. The number of nitrogens with one attached hydrogen (secondary N) is 1. The Kier molecular flexibility index (Phi) is 3.94. The maximum atomic E-state index is 8.59. The van der Waals surface area contributed by atoms with Crippen LogP contribution in [0.25, 0.3) is 0 Å². The third kappa shape index (κ3) is 3.17. The minimum atomic E-state index is 0.327. The number of hydrogen-bond donors (Lipinski definition) is 1. The van der Waals surface area contributed by atoms with Gasteiger partial charge in [0.1, 0.15) is 0 Å². The Morgan fingerprint density at radius 3 is 3.08 bits per heavy atom. The maximum absolute atomic E-state index is 8.59. The van der Waals surface area contributed by atoms with Gasteiger partial charge in [0.25, 0.3) is 0 Å². The van der Waals surface area contributed by atoms with Crippen molar-refractivity contribution in [1.29, 1.82) is 5.26 Å². The van der Waals surface area contributed by atoms with Crippen molar-refractivity contribution in [3.05, 3.63) is 12.7 Å². The van der Waals surface area contributed by atoms with Crippen LogP contribution < -0.4 is 5.32 Å². The van der Waals surface area contributed by atoms with Gasteiger partial charge in [0, 0.05) is 31.7 Å². The second-order valence-corrected chi connectivity index (χ2v) is 3.63. The summed E-state index contributed by atoms with van der Waals surface area (Å²) in [5, 5.41) is 12.0. The number of nitrogens with zero attached hydrogens (tertiary/aromatic N) is 2. The van der Waals surface area contributed by atoms with Gasteiger partial charge in [-0.15, -0.1) is 6.58 Å². The fourth-order valence-electron chi connectivity index (χ4n) is 1.85. The van der Waals surface area contributed by atoms with Crippen LogP contribution in [0.15, 0.2) is 12.7 Å². The molecule has 13 heavy (non-hydrogen) atoms. The standard InChI is InChI=1S/C10H17N3/c1-3-6-13-7-9(2)12-10(8-13)4-5-11/h3,9-10,12H,1,4,6-8H2,2H3. The first-order valence-electron chi connectivity index (χ1n) is 4.72. The molecule has 1 fully saturated rings.